The molecule has 0 radical (unpaired) electrons. The largest absolute Gasteiger partial charge is 0.351 e. The van der Waals surface area contributed by atoms with E-state index in [1.165, 1.54) is 20.5 Å². The first kappa shape index (κ1) is 19.8. The number of hydrogen-bond donors (Lipinski definition) is 1. The average molecular weight is 433 g/mol. The van der Waals surface area contributed by atoms with Crippen molar-refractivity contribution in [3.63, 3.8) is 0 Å². The van der Waals surface area contributed by atoms with Crippen LogP contribution < -0.4 is 5.32 Å². The van der Waals surface area contributed by atoms with Crippen molar-refractivity contribution in [1.82, 2.24) is 30.4 Å². The minimum atomic E-state index is -0.218. The second-order valence-electron chi connectivity index (χ2n) is 8.08. The first-order chi connectivity index (χ1) is 15.2. The fraction of sp³-hybridized carbons (Fsp3) is 0.304. The van der Waals surface area contributed by atoms with Crippen LogP contribution in [0.15, 0.2) is 60.9 Å². The monoisotopic (exact) mass is 432 g/mol. The third kappa shape index (κ3) is 4.35. The number of aryl methyl sites for hydroxylation is 1. The summed E-state index contributed by atoms with van der Waals surface area (Å²) in [5.74, 6) is 0.0530. The van der Waals surface area contributed by atoms with Crippen molar-refractivity contribution in [2.75, 3.05) is 6.54 Å². The maximum Gasteiger partial charge on any atom is 0.237 e. The van der Waals surface area contributed by atoms with E-state index in [2.05, 4.69) is 87.3 Å². The number of likely N-dealkylation sites (tertiary alicyclic amines) is 1. The van der Waals surface area contributed by atoms with Crippen molar-refractivity contribution in [3.8, 4) is 0 Å². The van der Waals surface area contributed by atoms with Crippen LogP contribution in [-0.2, 0) is 17.9 Å². The number of carbonyl (C=O) groups excluding carboxylic acids is 1. The molecule has 0 saturated carbocycles. The van der Waals surface area contributed by atoms with Crippen LogP contribution in [-0.4, -0.2) is 43.6 Å². The molecule has 158 valence electrons. The lowest BCUT2D eigenvalue weighted by molar-refractivity contribution is -0.125. The van der Waals surface area contributed by atoms with Gasteiger partial charge in [0.2, 0.25) is 5.91 Å². The second kappa shape index (κ2) is 8.56. The van der Waals surface area contributed by atoms with Crippen LogP contribution >= 0.6 is 11.3 Å². The molecular formula is C23H24N6OS. The van der Waals surface area contributed by atoms with Gasteiger partial charge in [-0.15, -0.1) is 16.4 Å². The first-order valence-corrected chi connectivity index (χ1v) is 11.2. The lowest BCUT2D eigenvalue weighted by atomic mass is 10.1. The topological polar surface area (TPSA) is 75.9 Å². The number of fused-ring (bicyclic) bond motifs is 1. The lowest BCUT2D eigenvalue weighted by Crippen LogP contribution is -2.42. The van der Waals surface area contributed by atoms with E-state index >= 15 is 0 Å². The zero-order valence-corrected chi connectivity index (χ0v) is 18.1. The average Bonchev–Trinajstić information content (AvgIpc) is 3.52. The Balaban J connectivity index is 1.32. The van der Waals surface area contributed by atoms with Crippen LogP contribution in [0, 0.1) is 6.92 Å². The van der Waals surface area contributed by atoms with E-state index in [1.54, 1.807) is 22.3 Å². The highest BCUT2D eigenvalue weighted by Gasteiger charge is 2.38. The smallest absolute Gasteiger partial charge is 0.237 e. The molecule has 1 amide bonds. The van der Waals surface area contributed by atoms with Crippen LogP contribution in [0.2, 0.25) is 0 Å². The van der Waals surface area contributed by atoms with Gasteiger partial charge in [-0.3, -0.25) is 9.69 Å². The number of hydrogen-bond acceptors (Lipinski definition) is 6. The van der Waals surface area contributed by atoms with Gasteiger partial charge in [0.1, 0.15) is 6.33 Å². The maximum atomic E-state index is 13.2. The highest BCUT2D eigenvalue weighted by molar-refractivity contribution is 7.19. The number of tetrazole rings is 1. The van der Waals surface area contributed by atoms with E-state index in [-0.39, 0.29) is 18.0 Å². The van der Waals surface area contributed by atoms with Gasteiger partial charge in [0.15, 0.2) is 0 Å². The summed E-state index contributed by atoms with van der Waals surface area (Å²) in [5, 5.41) is 16.0. The Morgan fingerprint density at radius 1 is 1.19 bits per heavy atom. The summed E-state index contributed by atoms with van der Waals surface area (Å²) in [6, 6.07) is 18.7. The summed E-state index contributed by atoms with van der Waals surface area (Å²) in [6.07, 6.45) is 2.32. The van der Waals surface area contributed by atoms with Gasteiger partial charge >= 0.3 is 0 Å². The fourth-order valence-corrected chi connectivity index (χ4v) is 5.27. The van der Waals surface area contributed by atoms with E-state index in [4.69, 9.17) is 0 Å². The maximum absolute atomic E-state index is 13.2. The molecule has 1 aliphatic rings. The van der Waals surface area contributed by atoms with Crippen molar-refractivity contribution in [1.29, 1.82) is 0 Å². The van der Waals surface area contributed by atoms with Gasteiger partial charge in [0, 0.05) is 29.2 Å². The molecule has 1 fully saturated rings. The third-order valence-corrected chi connectivity index (χ3v) is 6.95. The molecule has 3 heterocycles. The van der Waals surface area contributed by atoms with E-state index < -0.39 is 0 Å². The molecule has 7 nitrogen and oxygen atoms in total. The number of carbonyl (C=O) groups is 1. The first-order valence-electron chi connectivity index (χ1n) is 10.4. The Kier molecular flexibility index (Phi) is 5.48. The molecule has 1 N–H and O–H groups in total. The molecule has 1 aliphatic heterocycles. The third-order valence-electron chi connectivity index (χ3n) is 5.85. The number of amides is 1. The summed E-state index contributed by atoms with van der Waals surface area (Å²) in [6.45, 7) is 4.07. The standard InChI is InChI=1S/C23H24N6OS/c1-16-6-8-17(9-7-16)12-24-23(30)21-11-19(29-15-25-26-27-29)13-28(21)14-20-10-18-4-2-3-5-22(18)31-20/h2-10,15,19,21H,11-14H2,1H3,(H,24,30)/t19-,21+/m1/s1. The molecule has 0 spiro atoms. The molecule has 5 rings (SSSR count). The number of nitrogens with zero attached hydrogens (tertiary/aromatic N) is 5. The number of nitrogens with one attached hydrogen (secondary N) is 1. The van der Waals surface area contributed by atoms with Crippen molar-refractivity contribution in [2.45, 2.75) is 38.5 Å². The molecule has 0 unspecified atom stereocenters. The molecule has 2 aromatic carbocycles. The predicted octanol–water partition coefficient (Wildman–Crippen LogP) is 3.33. The highest BCUT2D eigenvalue weighted by Crippen LogP contribution is 2.32. The van der Waals surface area contributed by atoms with Crippen molar-refractivity contribution in [2.24, 2.45) is 0 Å². The van der Waals surface area contributed by atoms with E-state index in [0.717, 1.165) is 18.7 Å². The molecule has 0 aliphatic carbocycles. The zero-order chi connectivity index (χ0) is 21.2. The van der Waals surface area contributed by atoms with Gasteiger partial charge in [-0.1, -0.05) is 48.0 Å². The number of benzene rings is 2. The molecule has 0 bridgehead atoms. The van der Waals surface area contributed by atoms with Crippen molar-refractivity contribution >= 4 is 27.3 Å². The Morgan fingerprint density at radius 2 is 2.03 bits per heavy atom. The van der Waals surface area contributed by atoms with Crippen molar-refractivity contribution < 1.29 is 4.79 Å². The molecule has 4 aromatic rings. The summed E-state index contributed by atoms with van der Waals surface area (Å²) in [4.78, 5) is 16.7. The molecule has 8 heteroatoms. The normalized spacial score (nSPS) is 19.1. The SMILES string of the molecule is Cc1ccc(CNC(=O)[C@@H]2C[C@@H](n3cnnn3)CN2Cc2cc3ccccc3s2)cc1. The Hall–Kier alpha value is -3.10. The summed E-state index contributed by atoms with van der Waals surface area (Å²) in [5.41, 5.74) is 2.31. The molecule has 31 heavy (non-hydrogen) atoms. The van der Waals surface area contributed by atoms with Crippen molar-refractivity contribution in [3.05, 3.63) is 76.9 Å². The summed E-state index contributed by atoms with van der Waals surface area (Å²) < 4.78 is 3.04. The number of thiophene rings is 1. The van der Waals surface area contributed by atoms with Crippen LogP contribution in [0.3, 0.4) is 0 Å². The van der Waals surface area contributed by atoms with Gasteiger partial charge in [-0.25, -0.2) is 4.68 Å². The minimum absolute atomic E-state index is 0.0530. The highest BCUT2D eigenvalue weighted by atomic mass is 32.1. The molecular weight excluding hydrogens is 408 g/mol. The lowest BCUT2D eigenvalue weighted by Gasteiger charge is -2.22. The fourth-order valence-electron chi connectivity index (χ4n) is 4.18. The van der Waals surface area contributed by atoms with Gasteiger partial charge < -0.3 is 5.32 Å². The summed E-state index contributed by atoms with van der Waals surface area (Å²) in [7, 11) is 0. The Labute approximate surface area is 184 Å². The quantitative estimate of drug-likeness (QED) is 0.506. The van der Waals surface area contributed by atoms with Gasteiger partial charge in [-0.2, -0.15) is 0 Å². The van der Waals surface area contributed by atoms with Crippen LogP contribution in [0.1, 0.15) is 28.5 Å². The predicted molar refractivity (Wildman–Crippen MR) is 121 cm³/mol. The summed E-state index contributed by atoms with van der Waals surface area (Å²) >= 11 is 1.79. The van der Waals surface area contributed by atoms with Crippen LogP contribution in [0.5, 0.6) is 0 Å². The zero-order valence-electron chi connectivity index (χ0n) is 17.3. The Bertz CT molecular complexity index is 1140. The van der Waals surface area contributed by atoms with Gasteiger partial charge in [0.05, 0.1) is 12.1 Å². The molecule has 2 atom stereocenters. The molecule has 1 saturated heterocycles. The molecule has 2 aromatic heterocycles. The number of aromatic nitrogens is 4. The van der Waals surface area contributed by atoms with Gasteiger partial charge in [-0.05, 0) is 46.9 Å². The second-order valence-corrected chi connectivity index (χ2v) is 9.25. The minimum Gasteiger partial charge on any atom is -0.351 e. The number of rotatable bonds is 6. The van der Waals surface area contributed by atoms with E-state index in [1.807, 2.05) is 0 Å². The van der Waals surface area contributed by atoms with Crippen LogP contribution in [0.25, 0.3) is 10.1 Å². The van der Waals surface area contributed by atoms with Crippen LogP contribution in [0.4, 0.5) is 0 Å². The van der Waals surface area contributed by atoms with E-state index in [9.17, 15) is 4.79 Å². The van der Waals surface area contributed by atoms with Gasteiger partial charge in [0.25, 0.3) is 0 Å². The van der Waals surface area contributed by atoms with E-state index in [0.29, 0.717) is 13.0 Å². The Morgan fingerprint density at radius 3 is 2.81 bits per heavy atom.